The van der Waals surface area contributed by atoms with Crippen molar-refractivity contribution in [1.29, 1.82) is 0 Å². The van der Waals surface area contributed by atoms with Gasteiger partial charge < -0.3 is 9.64 Å². The molecule has 1 aliphatic heterocycles. The van der Waals surface area contributed by atoms with Gasteiger partial charge in [-0.15, -0.1) is 0 Å². The number of nitrogens with one attached hydrogen (secondary N) is 1. The number of carbonyl (C=O) groups is 1. The standard InChI is InChI=1S/C17H32N2O2/c1-4-21-16(20)17(15-9-10-15,18-14(2)3)13-19-11-7-5-6-8-12-19/h14-15,18H,4-13H2,1-3H3. The Morgan fingerprint density at radius 3 is 2.33 bits per heavy atom. The van der Waals surface area contributed by atoms with Gasteiger partial charge in [-0.1, -0.05) is 12.8 Å². The molecule has 2 rings (SSSR count). The van der Waals surface area contributed by atoms with Crippen LogP contribution in [0.3, 0.4) is 0 Å². The summed E-state index contributed by atoms with van der Waals surface area (Å²) in [5.41, 5.74) is -0.492. The predicted molar refractivity (Wildman–Crippen MR) is 85.3 cm³/mol. The quantitative estimate of drug-likeness (QED) is 0.733. The lowest BCUT2D eigenvalue weighted by atomic mass is 9.91. The van der Waals surface area contributed by atoms with Crippen LogP contribution in [0.15, 0.2) is 0 Å². The fourth-order valence-electron chi connectivity index (χ4n) is 3.58. The normalized spacial score (nSPS) is 23.6. The maximum Gasteiger partial charge on any atom is 0.327 e. The van der Waals surface area contributed by atoms with E-state index in [1.807, 2.05) is 6.92 Å². The highest BCUT2D eigenvalue weighted by atomic mass is 16.5. The van der Waals surface area contributed by atoms with E-state index in [2.05, 4.69) is 24.1 Å². The van der Waals surface area contributed by atoms with Crippen LogP contribution in [0.25, 0.3) is 0 Å². The van der Waals surface area contributed by atoms with E-state index >= 15 is 0 Å². The summed E-state index contributed by atoms with van der Waals surface area (Å²) in [7, 11) is 0. The number of likely N-dealkylation sites (tertiary alicyclic amines) is 1. The zero-order chi connectivity index (χ0) is 15.3. The summed E-state index contributed by atoms with van der Waals surface area (Å²) in [5, 5.41) is 3.59. The van der Waals surface area contributed by atoms with E-state index < -0.39 is 5.54 Å². The SMILES string of the molecule is CCOC(=O)C(CN1CCCCCC1)(NC(C)C)C1CC1. The first-order valence-corrected chi connectivity index (χ1v) is 8.75. The van der Waals surface area contributed by atoms with Crippen LogP contribution in [0.5, 0.6) is 0 Å². The van der Waals surface area contributed by atoms with Crippen LogP contribution in [0, 0.1) is 5.92 Å². The number of hydrogen-bond acceptors (Lipinski definition) is 4. The molecule has 2 fully saturated rings. The van der Waals surface area contributed by atoms with Gasteiger partial charge in [-0.3, -0.25) is 5.32 Å². The number of nitrogens with zero attached hydrogens (tertiary/aromatic N) is 1. The molecule has 0 spiro atoms. The largest absolute Gasteiger partial charge is 0.465 e. The fourth-order valence-corrected chi connectivity index (χ4v) is 3.58. The van der Waals surface area contributed by atoms with Crippen LogP contribution >= 0.6 is 0 Å². The second-order valence-electron chi connectivity index (χ2n) is 6.96. The van der Waals surface area contributed by atoms with Gasteiger partial charge in [0.05, 0.1) is 6.61 Å². The summed E-state index contributed by atoms with van der Waals surface area (Å²) >= 11 is 0. The van der Waals surface area contributed by atoms with Gasteiger partial charge in [0.1, 0.15) is 5.54 Å². The zero-order valence-electron chi connectivity index (χ0n) is 14.0. The Bertz CT molecular complexity index is 334. The van der Waals surface area contributed by atoms with Gasteiger partial charge in [-0.05, 0) is 65.5 Å². The lowest BCUT2D eigenvalue weighted by molar-refractivity contribution is -0.154. The highest BCUT2D eigenvalue weighted by Crippen LogP contribution is 2.41. The molecule has 1 unspecified atom stereocenters. The second-order valence-corrected chi connectivity index (χ2v) is 6.96. The molecule has 0 radical (unpaired) electrons. The van der Waals surface area contributed by atoms with Gasteiger partial charge in [0, 0.05) is 12.6 Å². The van der Waals surface area contributed by atoms with Crippen molar-refractivity contribution in [2.24, 2.45) is 5.92 Å². The molecular formula is C17H32N2O2. The third-order valence-electron chi connectivity index (χ3n) is 4.63. The lowest BCUT2D eigenvalue weighted by Gasteiger charge is -2.38. The van der Waals surface area contributed by atoms with Gasteiger partial charge in [0.25, 0.3) is 0 Å². The third-order valence-corrected chi connectivity index (χ3v) is 4.63. The van der Waals surface area contributed by atoms with Gasteiger partial charge in [-0.25, -0.2) is 4.79 Å². The van der Waals surface area contributed by atoms with E-state index in [0.29, 0.717) is 18.6 Å². The Morgan fingerprint density at radius 1 is 1.24 bits per heavy atom. The molecule has 4 heteroatoms. The Morgan fingerprint density at radius 2 is 1.86 bits per heavy atom. The van der Waals surface area contributed by atoms with Gasteiger partial charge >= 0.3 is 5.97 Å². The van der Waals surface area contributed by atoms with E-state index in [1.165, 1.54) is 25.7 Å². The summed E-state index contributed by atoms with van der Waals surface area (Å²) in [6, 6.07) is 0.294. The molecule has 1 atom stereocenters. The van der Waals surface area contributed by atoms with Gasteiger partial charge in [0.15, 0.2) is 0 Å². The summed E-state index contributed by atoms with van der Waals surface area (Å²) in [4.78, 5) is 15.2. The van der Waals surface area contributed by atoms with Crippen molar-refractivity contribution in [3.63, 3.8) is 0 Å². The zero-order valence-corrected chi connectivity index (χ0v) is 14.0. The number of carbonyl (C=O) groups excluding carboxylic acids is 1. The third kappa shape index (κ3) is 4.43. The van der Waals surface area contributed by atoms with Crippen LogP contribution in [0.2, 0.25) is 0 Å². The van der Waals surface area contributed by atoms with Crippen molar-refractivity contribution in [2.75, 3.05) is 26.2 Å². The number of rotatable bonds is 7. The van der Waals surface area contributed by atoms with Crippen LogP contribution in [0.4, 0.5) is 0 Å². The average molecular weight is 296 g/mol. The highest BCUT2D eigenvalue weighted by molar-refractivity contribution is 5.82. The molecule has 1 aliphatic carbocycles. The molecule has 1 saturated heterocycles. The van der Waals surface area contributed by atoms with Crippen molar-refractivity contribution < 1.29 is 9.53 Å². The average Bonchev–Trinajstić information content (AvgIpc) is 3.25. The molecule has 2 aliphatic rings. The summed E-state index contributed by atoms with van der Waals surface area (Å²) in [5.74, 6) is 0.410. The van der Waals surface area contributed by atoms with E-state index in [9.17, 15) is 4.79 Å². The second kappa shape index (κ2) is 7.59. The summed E-state index contributed by atoms with van der Waals surface area (Å²) in [6.07, 6.45) is 7.45. The van der Waals surface area contributed by atoms with Crippen LogP contribution < -0.4 is 5.32 Å². The Balaban J connectivity index is 2.13. The van der Waals surface area contributed by atoms with E-state index in [-0.39, 0.29) is 5.97 Å². The van der Waals surface area contributed by atoms with Crippen molar-refractivity contribution in [2.45, 2.75) is 70.9 Å². The Kier molecular flexibility index (Phi) is 6.06. The monoisotopic (exact) mass is 296 g/mol. The van der Waals surface area contributed by atoms with Gasteiger partial charge in [-0.2, -0.15) is 0 Å². The molecule has 0 aromatic carbocycles. The molecule has 0 aromatic rings. The first-order valence-electron chi connectivity index (χ1n) is 8.75. The minimum Gasteiger partial charge on any atom is -0.465 e. The molecule has 1 saturated carbocycles. The number of esters is 1. The molecular weight excluding hydrogens is 264 g/mol. The van der Waals surface area contributed by atoms with Gasteiger partial charge in [0.2, 0.25) is 0 Å². The van der Waals surface area contributed by atoms with Crippen molar-refractivity contribution in [1.82, 2.24) is 10.2 Å². The molecule has 21 heavy (non-hydrogen) atoms. The minimum absolute atomic E-state index is 0.0366. The molecule has 122 valence electrons. The Labute approximate surface area is 129 Å². The highest BCUT2D eigenvalue weighted by Gasteiger charge is 2.53. The number of hydrogen-bond donors (Lipinski definition) is 1. The van der Waals surface area contributed by atoms with Crippen molar-refractivity contribution in [3.05, 3.63) is 0 Å². The maximum absolute atomic E-state index is 12.7. The molecule has 0 amide bonds. The molecule has 0 aromatic heterocycles. The fraction of sp³-hybridized carbons (Fsp3) is 0.941. The first kappa shape index (κ1) is 16.8. The molecule has 1 heterocycles. The van der Waals surface area contributed by atoms with Crippen LogP contribution in [0.1, 0.15) is 59.3 Å². The van der Waals surface area contributed by atoms with Crippen molar-refractivity contribution >= 4 is 5.97 Å². The predicted octanol–water partition coefficient (Wildman–Crippen LogP) is 2.57. The Hall–Kier alpha value is -0.610. The summed E-state index contributed by atoms with van der Waals surface area (Å²) < 4.78 is 5.45. The minimum atomic E-state index is -0.492. The molecule has 0 bridgehead atoms. The summed E-state index contributed by atoms with van der Waals surface area (Å²) in [6.45, 7) is 9.66. The number of ether oxygens (including phenoxy) is 1. The van der Waals surface area contributed by atoms with E-state index in [4.69, 9.17) is 4.74 Å². The smallest absolute Gasteiger partial charge is 0.327 e. The van der Waals surface area contributed by atoms with E-state index in [1.54, 1.807) is 0 Å². The molecule has 4 nitrogen and oxygen atoms in total. The van der Waals surface area contributed by atoms with Crippen LogP contribution in [-0.2, 0) is 9.53 Å². The topological polar surface area (TPSA) is 41.6 Å². The van der Waals surface area contributed by atoms with E-state index in [0.717, 1.165) is 32.5 Å². The van der Waals surface area contributed by atoms with Crippen LogP contribution in [-0.4, -0.2) is 48.7 Å². The lowest BCUT2D eigenvalue weighted by Crippen LogP contribution is -2.63. The maximum atomic E-state index is 12.7. The first-order chi connectivity index (χ1) is 10.1. The van der Waals surface area contributed by atoms with Crippen molar-refractivity contribution in [3.8, 4) is 0 Å². The molecule has 1 N–H and O–H groups in total.